The van der Waals surface area contributed by atoms with Gasteiger partial charge in [0.15, 0.2) is 11.5 Å². The van der Waals surface area contributed by atoms with E-state index in [1.54, 1.807) is 0 Å². The Bertz CT molecular complexity index is 635. The summed E-state index contributed by atoms with van der Waals surface area (Å²) < 4.78 is 15.6. The normalized spacial score (nSPS) is 23.0. The van der Waals surface area contributed by atoms with Crippen LogP contribution in [0.5, 0.6) is 17.2 Å². The molecule has 0 aliphatic carbocycles. The molecule has 0 aromatic heterocycles. The van der Waals surface area contributed by atoms with Crippen molar-refractivity contribution < 1.29 is 34.0 Å². The Labute approximate surface area is 139 Å². The molecule has 1 heterocycles. The standard InChI is InChI=1S/C16H21NO7/c1-16(15(20)21)7-10(18)8-17(16)14(19)9-5-11(22-2)13(24-4)12(6-9)23-3/h5-6,10,18H,7-8H2,1-4H3,(H,20,21). The first-order valence-corrected chi connectivity index (χ1v) is 7.32. The number of ether oxygens (including phenoxy) is 3. The number of rotatable bonds is 5. The molecule has 1 fully saturated rings. The topological polar surface area (TPSA) is 106 Å². The highest BCUT2D eigenvalue weighted by Gasteiger charge is 2.50. The molecule has 0 bridgehead atoms. The van der Waals surface area contributed by atoms with Gasteiger partial charge in [0.25, 0.3) is 5.91 Å². The third kappa shape index (κ3) is 2.84. The number of amides is 1. The predicted molar refractivity (Wildman–Crippen MR) is 83.8 cm³/mol. The Morgan fingerprint density at radius 2 is 1.71 bits per heavy atom. The van der Waals surface area contributed by atoms with Crippen LogP contribution in [0.3, 0.4) is 0 Å². The van der Waals surface area contributed by atoms with Crippen molar-refractivity contribution in [1.82, 2.24) is 4.90 Å². The highest BCUT2D eigenvalue weighted by atomic mass is 16.5. The van der Waals surface area contributed by atoms with Crippen LogP contribution in [0.2, 0.25) is 0 Å². The fourth-order valence-corrected chi connectivity index (χ4v) is 2.92. The van der Waals surface area contributed by atoms with Crippen LogP contribution < -0.4 is 14.2 Å². The van der Waals surface area contributed by atoms with Gasteiger partial charge in [-0.3, -0.25) is 4.79 Å². The van der Waals surface area contributed by atoms with Crippen molar-refractivity contribution in [2.75, 3.05) is 27.9 Å². The molecule has 2 atom stereocenters. The molecule has 1 amide bonds. The van der Waals surface area contributed by atoms with Crippen LogP contribution in [0, 0.1) is 0 Å². The van der Waals surface area contributed by atoms with E-state index in [1.165, 1.54) is 40.4 Å². The SMILES string of the molecule is COc1cc(C(=O)N2CC(O)CC2(C)C(=O)O)cc(OC)c1OC. The van der Waals surface area contributed by atoms with E-state index in [0.29, 0.717) is 5.75 Å². The largest absolute Gasteiger partial charge is 0.493 e. The maximum absolute atomic E-state index is 12.8. The van der Waals surface area contributed by atoms with Crippen molar-refractivity contribution in [1.29, 1.82) is 0 Å². The van der Waals surface area contributed by atoms with Crippen LogP contribution in [0.1, 0.15) is 23.7 Å². The molecule has 0 saturated carbocycles. The van der Waals surface area contributed by atoms with Gasteiger partial charge in [0.05, 0.1) is 27.4 Å². The quantitative estimate of drug-likeness (QED) is 0.816. The molecule has 2 unspecified atom stereocenters. The number of hydrogen-bond donors (Lipinski definition) is 2. The molecule has 1 aliphatic rings. The summed E-state index contributed by atoms with van der Waals surface area (Å²) in [6.45, 7) is 1.36. The van der Waals surface area contributed by atoms with E-state index in [2.05, 4.69) is 0 Å². The molecular formula is C16H21NO7. The molecule has 8 nitrogen and oxygen atoms in total. The zero-order valence-corrected chi connectivity index (χ0v) is 14.0. The lowest BCUT2D eigenvalue weighted by atomic mass is 9.97. The molecule has 1 saturated heterocycles. The van der Waals surface area contributed by atoms with Gasteiger partial charge < -0.3 is 29.3 Å². The van der Waals surface area contributed by atoms with E-state index in [9.17, 15) is 19.8 Å². The highest BCUT2D eigenvalue weighted by Crippen LogP contribution is 2.39. The summed E-state index contributed by atoms with van der Waals surface area (Å²) in [5, 5.41) is 19.3. The monoisotopic (exact) mass is 339 g/mol. The number of β-amino-alcohol motifs (C(OH)–C–C–N with tert-alkyl or cyclic N) is 1. The third-order valence-electron chi connectivity index (χ3n) is 4.24. The molecule has 1 aliphatic heterocycles. The number of hydrogen-bond acceptors (Lipinski definition) is 6. The van der Waals surface area contributed by atoms with E-state index in [4.69, 9.17) is 14.2 Å². The van der Waals surface area contributed by atoms with Crippen molar-refractivity contribution in [2.24, 2.45) is 0 Å². The number of aliphatic hydroxyl groups excluding tert-OH is 1. The summed E-state index contributed by atoms with van der Waals surface area (Å²) in [5.74, 6) is -0.788. The number of nitrogens with zero attached hydrogens (tertiary/aromatic N) is 1. The van der Waals surface area contributed by atoms with Crippen LogP contribution in [-0.2, 0) is 4.79 Å². The summed E-state index contributed by atoms with van der Waals surface area (Å²) in [7, 11) is 4.29. The summed E-state index contributed by atoms with van der Waals surface area (Å²) >= 11 is 0. The summed E-state index contributed by atoms with van der Waals surface area (Å²) in [4.78, 5) is 25.6. The fourth-order valence-electron chi connectivity index (χ4n) is 2.92. The number of carboxylic acid groups (broad SMARTS) is 1. The van der Waals surface area contributed by atoms with E-state index in [-0.39, 0.29) is 30.0 Å². The minimum atomic E-state index is -1.48. The zero-order chi connectivity index (χ0) is 18.1. The highest BCUT2D eigenvalue weighted by molar-refractivity contribution is 5.99. The summed E-state index contributed by atoms with van der Waals surface area (Å²) in [6.07, 6.45) is -0.921. The Balaban J connectivity index is 2.48. The van der Waals surface area contributed by atoms with E-state index in [1.807, 2.05) is 0 Å². The van der Waals surface area contributed by atoms with Gasteiger partial charge in [0.2, 0.25) is 5.75 Å². The van der Waals surface area contributed by atoms with Gasteiger partial charge in [-0.2, -0.15) is 0 Å². The van der Waals surface area contributed by atoms with Crippen molar-refractivity contribution in [3.63, 3.8) is 0 Å². The van der Waals surface area contributed by atoms with E-state index < -0.39 is 23.5 Å². The maximum Gasteiger partial charge on any atom is 0.329 e. The Hall–Kier alpha value is -2.48. The number of aliphatic carboxylic acids is 1. The van der Waals surface area contributed by atoms with Gasteiger partial charge in [0, 0.05) is 18.5 Å². The molecule has 0 radical (unpaired) electrons. The van der Waals surface area contributed by atoms with Gasteiger partial charge in [-0.1, -0.05) is 0 Å². The molecular weight excluding hydrogens is 318 g/mol. The number of carbonyl (C=O) groups excluding carboxylic acids is 1. The number of likely N-dealkylation sites (tertiary alicyclic amines) is 1. The van der Waals surface area contributed by atoms with Crippen LogP contribution >= 0.6 is 0 Å². The van der Waals surface area contributed by atoms with Gasteiger partial charge in [-0.05, 0) is 19.1 Å². The second kappa shape index (κ2) is 6.56. The lowest BCUT2D eigenvalue weighted by Gasteiger charge is -2.31. The van der Waals surface area contributed by atoms with Gasteiger partial charge in [0.1, 0.15) is 5.54 Å². The van der Waals surface area contributed by atoms with Crippen molar-refractivity contribution >= 4 is 11.9 Å². The molecule has 8 heteroatoms. The first kappa shape index (κ1) is 17.9. The number of aliphatic hydroxyl groups is 1. The van der Waals surface area contributed by atoms with Crippen LogP contribution in [0.25, 0.3) is 0 Å². The number of carbonyl (C=O) groups is 2. The minimum absolute atomic E-state index is 0.0293. The second-order valence-corrected chi connectivity index (χ2v) is 5.77. The minimum Gasteiger partial charge on any atom is -0.493 e. The number of carboxylic acids is 1. The van der Waals surface area contributed by atoms with Crippen molar-refractivity contribution in [2.45, 2.75) is 25.0 Å². The Morgan fingerprint density at radius 1 is 1.17 bits per heavy atom. The first-order valence-electron chi connectivity index (χ1n) is 7.32. The number of benzene rings is 1. The lowest BCUT2D eigenvalue weighted by Crippen LogP contribution is -2.50. The first-order chi connectivity index (χ1) is 11.3. The Morgan fingerprint density at radius 3 is 2.12 bits per heavy atom. The average Bonchev–Trinajstić information content (AvgIpc) is 2.88. The summed E-state index contributed by atoms with van der Waals surface area (Å²) in [6, 6.07) is 2.91. The van der Waals surface area contributed by atoms with Crippen LogP contribution in [-0.4, -0.2) is 66.5 Å². The molecule has 2 N–H and O–H groups in total. The third-order valence-corrected chi connectivity index (χ3v) is 4.24. The molecule has 2 rings (SSSR count). The smallest absolute Gasteiger partial charge is 0.329 e. The zero-order valence-electron chi connectivity index (χ0n) is 14.0. The van der Waals surface area contributed by atoms with E-state index >= 15 is 0 Å². The summed E-state index contributed by atoms with van der Waals surface area (Å²) in [5.41, 5.74) is -1.29. The van der Waals surface area contributed by atoms with Gasteiger partial charge in [-0.15, -0.1) is 0 Å². The predicted octanol–water partition coefficient (Wildman–Crippen LogP) is 0.762. The molecule has 24 heavy (non-hydrogen) atoms. The second-order valence-electron chi connectivity index (χ2n) is 5.77. The molecule has 1 aromatic rings. The number of methoxy groups -OCH3 is 3. The maximum atomic E-state index is 12.8. The van der Waals surface area contributed by atoms with Crippen LogP contribution in [0.15, 0.2) is 12.1 Å². The average molecular weight is 339 g/mol. The molecule has 1 aromatic carbocycles. The Kier molecular flexibility index (Phi) is 4.88. The van der Waals surface area contributed by atoms with Crippen molar-refractivity contribution in [3.8, 4) is 17.2 Å². The van der Waals surface area contributed by atoms with Crippen molar-refractivity contribution in [3.05, 3.63) is 17.7 Å². The molecule has 132 valence electrons. The van der Waals surface area contributed by atoms with Gasteiger partial charge >= 0.3 is 5.97 Å². The van der Waals surface area contributed by atoms with Gasteiger partial charge in [-0.25, -0.2) is 4.79 Å². The fraction of sp³-hybridized carbons (Fsp3) is 0.500. The van der Waals surface area contributed by atoms with Crippen LogP contribution in [0.4, 0.5) is 0 Å². The lowest BCUT2D eigenvalue weighted by molar-refractivity contribution is -0.147. The van der Waals surface area contributed by atoms with E-state index in [0.717, 1.165) is 4.90 Å². The molecule has 0 spiro atoms.